The second kappa shape index (κ2) is 10.7. The minimum absolute atomic E-state index is 0.0101. The first-order valence-corrected chi connectivity index (χ1v) is 10.9. The summed E-state index contributed by atoms with van der Waals surface area (Å²) >= 11 is 0. The van der Waals surface area contributed by atoms with E-state index in [0.717, 1.165) is 44.5 Å². The van der Waals surface area contributed by atoms with Crippen LogP contribution in [0.15, 0.2) is 34.7 Å². The van der Waals surface area contributed by atoms with Crippen molar-refractivity contribution in [3.63, 3.8) is 0 Å². The molecule has 1 aromatic carbocycles. The number of likely N-dealkylation sites (tertiary alicyclic amines) is 1. The minimum atomic E-state index is -0.517. The fourth-order valence-corrected chi connectivity index (χ4v) is 4.09. The maximum Gasteiger partial charge on any atom is 0.373 e. The van der Waals surface area contributed by atoms with Crippen molar-refractivity contribution in [1.29, 1.82) is 0 Å². The molecule has 1 fully saturated rings. The van der Waals surface area contributed by atoms with Gasteiger partial charge in [-0.05, 0) is 62.6 Å². The molecule has 7 nitrogen and oxygen atoms in total. The second-order valence-electron chi connectivity index (χ2n) is 8.09. The van der Waals surface area contributed by atoms with E-state index in [0.29, 0.717) is 23.9 Å². The molecule has 2 aromatic rings. The lowest BCUT2D eigenvalue weighted by Crippen LogP contribution is -2.44. The summed E-state index contributed by atoms with van der Waals surface area (Å²) in [6.45, 7) is 7.79. The van der Waals surface area contributed by atoms with Crippen LogP contribution in [0.2, 0.25) is 0 Å². The van der Waals surface area contributed by atoms with Crippen molar-refractivity contribution in [2.75, 3.05) is 33.4 Å². The number of carbonyl (C=O) groups excluding carboxylic acids is 1. The van der Waals surface area contributed by atoms with E-state index in [1.807, 2.05) is 25.1 Å². The van der Waals surface area contributed by atoms with Gasteiger partial charge in [0.15, 0.2) is 11.5 Å². The van der Waals surface area contributed by atoms with Crippen LogP contribution in [0.1, 0.15) is 55.0 Å². The topological polar surface area (TPSA) is 81.4 Å². The van der Waals surface area contributed by atoms with Crippen LogP contribution in [0.5, 0.6) is 11.5 Å². The van der Waals surface area contributed by atoms with Gasteiger partial charge in [-0.1, -0.05) is 13.0 Å². The highest BCUT2D eigenvalue weighted by Crippen LogP contribution is 2.35. The fourth-order valence-electron chi connectivity index (χ4n) is 4.09. The molecule has 1 aliphatic rings. The van der Waals surface area contributed by atoms with Crippen molar-refractivity contribution in [3.8, 4) is 11.5 Å². The summed E-state index contributed by atoms with van der Waals surface area (Å²) in [7, 11) is 1.31. The van der Waals surface area contributed by atoms with Crippen molar-refractivity contribution in [3.05, 3.63) is 47.4 Å². The molecule has 0 saturated carbocycles. The zero-order valence-corrected chi connectivity index (χ0v) is 18.7. The Bertz CT molecular complexity index is 858. The summed E-state index contributed by atoms with van der Waals surface area (Å²) in [6.07, 6.45) is 3.17. The minimum Gasteiger partial charge on any atom is -0.490 e. The lowest BCUT2D eigenvalue weighted by molar-refractivity contribution is 0.0258. The Balaban J connectivity index is 1.66. The van der Waals surface area contributed by atoms with Crippen molar-refractivity contribution in [2.45, 2.75) is 46.3 Å². The fraction of sp³-hybridized carbons (Fsp3) is 0.542. The molecule has 1 saturated heterocycles. The SMILES string of the molecule is CCOc1cc(CN2CCCC(CC)(CO)C2)ccc1OCc1ccc(C(=O)OC)o1. The smallest absolute Gasteiger partial charge is 0.373 e. The summed E-state index contributed by atoms with van der Waals surface area (Å²) in [5.74, 6) is 1.46. The van der Waals surface area contributed by atoms with Gasteiger partial charge in [0.2, 0.25) is 5.76 Å². The highest BCUT2D eigenvalue weighted by molar-refractivity contribution is 5.86. The number of aliphatic hydroxyl groups excluding tert-OH is 1. The van der Waals surface area contributed by atoms with Gasteiger partial charge in [-0.25, -0.2) is 4.79 Å². The molecule has 3 rings (SSSR count). The summed E-state index contributed by atoms with van der Waals surface area (Å²) in [4.78, 5) is 13.9. The molecule has 2 heterocycles. The lowest BCUT2D eigenvalue weighted by atomic mass is 9.78. The molecule has 1 unspecified atom stereocenters. The lowest BCUT2D eigenvalue weighted by Gasteiger charge is -2.41. The van der Waals surface area contributed by atoms with Crippen LogP contribution >= 0.6 is 0 Å². The van der Waals surface area contributed by atoms with E-state index in [-0.39, 0.29) is 24.4 Å². The standard InChI is InChI=1S/C24H33NO6/c1-4-24(17-26)11-6-12-25(16-24)14-18-7-9-20(22(13-18)29-5-2)30-15-19-8-10-21(31-19)23(27)28-3/h7-10,13,26H,4-6,11-12,14-17H2,1-3H3. The molecule has 170 valence electrons. The first-order chi connectivity index (χ1) is 15.0. The van der Waals surface area contributed by atoms with Crippen LogP contribution < -0.4 is 9.47 Å². The normalized spacial score (nSPS) is 19.2. The van der Waals surface area contributed by atoms with Crippen LogP contribution in [0.25, 0.3) is 0 Å². The number of methoxy groups -OCH3 is 1. The van der Waals surface area contributed by atoms with Gasteiger partial charge < -0.3 is 23.7 Å². The van der Waals surface area contributed by atoms with Crippen LogP contribution in [0, 0.1) is 5.41 Å². The van der Waals surface area contributed by atoms with Crippen molar-refractivity contribution in [2.24, 2.45) is 5.41 Å². The number of piperidine rings is 1. The van der Waals surface area contributed by atoms with Crippen LogP contribution in [0.4, 0.5) is 0 Å². The summed E-state index contributed by atoms with van der Waals surface area (Å²) < 4.78 is 21.8. The molecule has 1 atom stereocenters. The van der Waals surface area contributed by atoms with Gasteiger partial charge in [-0.15, -0.1) is 0 Å². The molecule has 1 N–H and O–H groups in total. The van der Waals surface area contributed by atoms with E-state index < -0.39 is 5.97 Å². The maximum absolute atomic E-state index is 11.5. The number of esters is 1. The largest absolute Gasteiger partial charge is 0.490 e. The Morgan fingerprint density at radius 3 is 2.74 bits per heavy atom. The van der Waals surface area contributed by atoms with Gasteiger partial charge in [0.05, 0.1) is 13.7 Å². The number of benzene rings is 1. The second-order valence-corrected chi connectivity index (χ2v) is 8.09. The molecule has 7 heteroatoms. The number of hydrogen-bond donors (Lipinski definition) is 1. The number of aliphatic hydroxyl groups is 1. The molecular formula is C24H33NO6. The third kappa shape index (κ3) is 5.80. The van der Waals surface area contributed by atoms with E-state index >= 15 is 0 Å². The first-order valence-electron chi connectivity index (χ1n) is 10.9. The monoisotopic (exact) mass is 431 g/mol. The van der Waals surface area contributed by atoms with E-state index in [9.17, 15) is 9.90 Å². The van der Waals surface area contributed by atoms with E-state index in [1.165, 1.54) is 7.11 Å². The number of carbonyl (C=O) groups is 1. The van der Waals surface area contributed by atoms with Crippen LogP contribution in [-0.2, 0) is 17.9 Å². The van der Waals surface area contributed by atoms with Gasteiger partial charge in [0, 0.05) is 25.1 Å². The Morgan fingerprint density at radius 2 is 2.03 bits per heavy atom. The third-order valence-corrected chi connectivity index (χ3v) is 5.96. The van der Waals surface area contributed by atoms with Gasteiger partial charge in [0.1, 0.15) is 12.4 Å². The zero-order chi connectivity index (χ0) is 22.3. The summed E-state index contributed by atoms with van der Waals surface area (Å²) in [5, 5.41) is 9.88. The van der Waals surface area contributed by atoms with Gasteiger partial charge in [0.25, 0.3) is 0 Å². The number of nitrogens with zero attached hydrogens (tertiary/aromatic N) is 1. The molecule has 0 amide bonds. The summed E-state index contributed by atoms with van der Waals surface area (Å²) in [6, 6.07) is 9.23. The van der Waals surface area contributed by atoms with Crippen LogP contribution in [0.3, 0.4) is 0 Å². The van der Waals surface area contributed by atoms with Crippen molar-refractivity contribution < 1.29 is 28.5 Å². The van der Waals surface area contributed by atoms with Gasteiger partial charge in [-0.2, -0.15) is 0 Å². The Kier molecular flexibility index (Phi) is 7.98. The first kappa shape index (κ1) is 23.2. The van der Waals surface area contributed by atoms with E-state index in [2.05, 4.69) is 16.6 Å². The Morgan fingerprint density at radius 1 is 1.19 bits per heavy atom. The maximum atomic E-state index is 11.5. The third-order valence-electron chi connectivity index (χ3n) is 5.96. The molecular weight excluding hydrogens is 398 g/mol. The van der Waals surface area contributed by atoms with Crippen molar-refractivity contribution >= 4 is 5.97 Å². The van der Waals surface area contributed by atoms with Gasteiger partial charge >= 0.3 is 5.97 Å². The predicted octanol–water partition coefficient (Wildman–Crippen LogP) is 4.03. The molecule has 0 radical (unpaired) electrons. The highest BCUT2D eigenvalue weighted by Gasteiger charge is 2.33. The van der Waals surface area contributed by atoms with Crippen molar-refractivity contribution in [1.82, 2.24) is 4.90 Å². The number of rotatable bonds is 10. The average molecular weight is 432 g/mol. The number of ether oxygens (including phenoxy) is 3. The molecule has 0 aliphatic carbocycles. The Labute approximate surface area is 183 Å². The molecule has 0 bridgehead atoms. The Hall–Kier alpha value is -2.51. The predicted molar refractivity (Wildman–Crippen MR) is 116 cm³/mol. The molecule has 31 heavy (non-hydrogen) atoms. The van der Waals surface area contributed by atoms with E-state index in [4.69, 9.17) is 13.9 Å². The van der Waals surface area contributed by atoms with Crippen LogP contribution in [-0.4, -0.2) is 49.4 Å². The molecule has 0 spiro atoms. The number of hydrogen-bond acceptors (Lipinski definition) is 7. The molecule has 1 aromatic heterocycles. The zero-order valence-electron chi connectivity index (χ0n) is 18.7. The molecule has 1 aliphatic heterocycles. The average Bonchev–Trinajstić information content (AvgIpc) is 3.27. The summed E-state index contributed by atoms with van der Waals surface area (Å²) in [5.41, 5.74) is 1.16. The highest BCUT2D eigenvalue weighted by atomic mass is 16.5. The van der Waals surface area contributed by atoms with E-state index in [1.54, 1.807) is 12.1 Å². The quantitative estimate of drug-likeness (QED) is 0.569. The number of furan rings is 1. The van der Waals surface area contributed by atoms with Gasteiger partial charge in [-0.3, -0.25) is 4.90 Å².